The van der Waals surface area contributed by atoms with Gasteiger partial charge in [0.05, 0.1) is 18.6 Å². The van der Waals surface area contributed by atoms with Crippen molar-refractivity contribution in [1.29, 1.82) is 0 Å². The van der Waals surface area contributed by atoms with Crippen molar-refractivity contribution in [2.45, 2.75) is 45.3 Å². The molecule has 0 spiro atoms. The maximum absolute atomic E-state index is 5.94. The van der Waals surface area contributed by atoms with Gasteiger partial charge in [-0.25, -0.2) is 0 Å². The van der Waals surface area contributed by atoms with Crippen molar-refractivity contribution in [3.8, 4) is 0 Å². The van der Waals surface area contributed by atoms with Crippen molar-refractivity contribution in [2.75, 3.05) is 13.2 Å². The van der Waals surface area contributed by atoms with Crippen LogP contribution < -0.4 is 5.32 Å². The van der Waals surface area contributed by atoms with Crippen molar-refractivity contribution >= 4 is 0 Å². The summed E-state index contributed by atoms with van der Waals surface area (Å²) < 4.78 is 11.1. The summed E-state index contributed by atoms with van der Waals surface area (Å²) in [7, 11) is 0. The van der Waals surface area contributed by atoms with Crippen LogP contribution >= 0.6 is 0 Å². The molecule has 2 rings (SSSR count). The maximum atomic E-state index is 5.94. The lowest BCUT2D eigenvalue weighted by atomic mass is 9.99. The van der Waals surface area contributed by atoms with Crippen LogP contribution in [0.25, 0.3) is 0 Å². The molecular formula is C14H23NO2. The van der Waals surface area contributed by atoms with E-state index in [-0.39, 0.29) is 0 Å². The third-order valence-corrected chi connectivity index (χ3v) is 3.34. The highest BCUT2D eigenvalue weighted by Crippen LogP contribution is 2.36. The molecule has 3 nitrogen and oxygen atoms in total. The van der Waals surface area contributed by atoms with Crippen molar-refractivity contribution in [1.82, 2.24) is 5.32 Å². The summed E-state index contributed by atoms with van der Waals surface area (Å²) in [5.74, 6) is 0.755. The Morgan fingerprint density at radius 1 is 1.47 bits per heavy atom. The largest absolute Gasteiger partial charge is 0.472 e. The molecule has 0 aliphatic heterocycles. The number of likely N-dealkylation sites (N-methyl/N-ethyl adjacent to an activating group) is 1. The fraction of sp³-hybridized carbons (Fsp3) is 0.714. The Morgan fingerprint density at radius 3 is 2.82 bits per heavy atom. The average Bonchev–Trinajstić information content (AvgIpc) is 3.04. The van der Waals surface area contributed by atoms with E-state index < -0.39 is 0 Å². The summed E-state index contributed by atoms with van der Waals surface area (Å²) in [6.45, 7) is 6.02. The van der Waals surface area contributed by atoms with Gasteiger partial charge in [0.25, 0.3) is 0 Å². The molecule has 1 aliphatic carbocycles. The minimum Gasteiger partial charge on any atom is -0.472 e. The van der Waals surface area contributed by atoms with Crippen LogP contribution in [0.2, 0.25) is 0 Å². The standard InChI is InChI=1S/C14H23NO2/c1-3-15-13(9-11-7-8-16-10-11)14(17-4-2)12-5-6-12/h7-8,10,12-15H,3-6,9H2,1-2H3. The zero-order valence-corrected chi connectivity index (χ0v) is 10.8. The van der Waals surface area contributed by atoms with Gasteiger partial charge in [-0.1, -0.05) is 6.92 Å². The molecule has 1 aromatic heterocycles. The first-order valence-corrected chi connectivity index (χ1v) is 6.71. The molecule has 1 aromatic rings. The molecule has 3 heteroatoms. The molecule has 1 fully saturated rings. The lowest BCUT2D eigenvalue weighted by Gasteiger charge is -2.27. The van der Waals surface area contributed by atoms with Gasteiger partial charge in [-0.3, -0.25) is 0 Å². The van der Waals surface area contributed by atoms with E-state index in [4.69, 9.17) is 9.15 Å². The smallest absolute Gasteiger partial charge is 0.0935 e. The molecule has 96 valence electrons. The molecule has 1 N–H and O–H groups in total. The molecular weight excluding hydrogens is 214 g/mol. The number of nitrogens with one attached hydrogen (secondary N) is 1. The number of furan rings is 1. The Kier molecular flexibility index (Phi) is 4.63. The average molecular weight is 237 g/mol. The van der Waals surface area contributed by atoms with E-state index in [1.165, 1.54) is 18.4 Å². The SMILES string of the molecule is CCNC(Cc1ccoc1)C(OCC)C1CC1. The molecule has 2 atom stereocenters. The van der Waals surface area contributed by atoms with Crippen molar-refractivity contribution < 1.29 is 9.15 Å². The van der Waals surface area contributed by atoms with Crippen LogP contribution in [0.5, 0.6) is 0 Å². The molecule has 0 saturated heterocycles. The van der Waals surface area contributed by atoms with Crippen LogP contribution in [0, 0.1) is 5.92 Å². The fourth-order valence-electron chi connectivity index (χ4n) is 2.43. The molecule has 1 aliphatic rings. The third kappa shape index (κ3) is 3.58. The lowest BCUT2D eigenvalue weighted by Crippen LogP contribution is -2.44. The van der Waals surface area contributed by atoms with E-state index in [0.29, 0.717) is 12.1 Å². The number of ether oxygens (including phenoxy) is 1. The molecule has 2 unspecified atom stereocenters. The molecule has 17 heavy (non-hydrogen) atoms. The Bertz CT molecular complexity index is 306. The molecule has 0 aromatic carbocycles. The summed E-state index contributed by atoms with van der Waals surface area (Å²) >= 11 is 0. The Hall–Kier alpha value is -0.800. The summed E-state index contributed by atoms with van der Waals surface area (Å²) in [4.78, 5) is 0. The molecule has 0 radical (unpaired) electrons. The first-order valence-electron chi connectivity index (χ1n) is 6.71. The number of rotatable bonds is 8. The van der Waals surface area contributed by atoms with Gasteiger partial charge in [0.1, 0.15) is 0 Å². The normalized spacial score (nSPS) is 19.2. The van der Waals surface area contributed by atoms with E-state index >= 15 is 0 Å². The highest BCUT2D eigenvalue weighted by atomic mass is 16.5. The van der Waals surface area contributed by atoms with Crippen LogP contribution in [-0.4, -0.2) is 25.3 Å². The Morgan fingerprint density at radius 2 is 2.29 bits per heavy atom. The highest BCUT2D eigenvalue weighted by molar-refractivity contribution is 5.09. The monoisotopic (exact) mass is 237 g/mol. The van der Waals surface area contributed by atoms with Gasteiger partial charge in [-0.2, -0.15) is 0 Å². The van der Waals surface area contributed by atoms with Gasteiger partial charge >= 0.3 is 0 Å². The second-order valence-corrected chi connectivity index (χ2v) is 4.76. The number of hydrogen-bond acceptors (Lipinski definition) is 3. The third-order valence-electron chi connectivity index (χ3n) is 3.34. The maximum Gasteiger partial charge on any atom is 0.0935 e. The van der Waals surface area contributed by atoms with Crippen LogP contribution in [-0.2, 0) is 11.2 Å². The quantitative estimate of drug-likeness (QED) is 0.754. The van der Waals surface area contributed by atoms with Crippen LogP contribution in [0.4, 0.5) is 0 Å². The first kappa shape index (κ1) is 12.7. The minimum absolute atomic E-state index is 0.356. The predicted molar refractivity (Wildman–Crippen MR) is 68.0 cm³/mol. The van der Waals surface area contributed by atoms with E-state index in [1.54, 1.807) is 6.26 Å². The first-order chi connectivity index (χ1) is 8.35. The number of hydrogen-bond donors (Lipinski definition) is 1. The second kappa shape index (κ2) is 6.22. The minimum atomic E-state index is 0.356. The molecule has 0 bridgehead atoms. The zero-order chi connectivity index (χ0) is 12.1. The van der Waals surface area contributed by atoms with Crippen molar-refractivity contribution in [3.05, 3.63) is 24.2 Å². The predicted octanol–water partition coefficient (Wildman–Crippen LogP) is 2.62. The Balaban J connectivity index is 1.98. The van der Waals surface area contributed by atoms with Crippen molar-refractivity contribution in [3.63, 3.8) is 0 Å². The summed E-state index contributed by atoms with van der Waals surface area (Å²) in [6, 6.07) is 2.45. The summed E-state index contributed by atoms with van der Waals surface area (Å²) in [5.41, 5.74) is 1.25. The van der Waals surface area contributed by atoms with Crippen LogP contribution in [0.15, 0.2) is 23.0 Å². The summed E-state index contributed by atoms with van der Waals surface area (Å²) in [5, 5.41) is 3.56. The molecule has 0 amide bonds. The molecule has 1 heterocycles. The topological polar surface area (TPSA) is 34.4 Å². The van der Waals surface area contributed by atoms with Gasteiger partial charge in [0, 0.05) is 12.6 Å². The van der Waals surface area contributed by atoms with Gasteiger partial charge < -0.3 is 14.5 Å². The lowest BCUT2D eigenvalue weighted by molar-refractivity contribution is 0.0196. The summed E-state index contributed by atoms with van der Waals surface area (Å²) in [6.07, 6.45) is 7.56. The van der Waals surface area contributed by atoms with E-state index in [1.807, 2.05) is 12.3 Å². The van der Waals surface area contributed by atoms with Crippen LogP contribution in [0.3, 0.4) is 0 Å². The van der Waals surface area contributed by atoms with E-state index in [2.05, 4.69) is 19.2 Å². The second-order valence-electron chi connectivity index (χ2n) is 4.76. The zero-order valence-electron chi connectivity index (χ0n) is 10.8. The van der Waals surface area contributed by atoms with Gasteiger partial charge in [0.15, 0.2) is 0 Å². The van der Waals surface area contributed by atoms with E-state index in [9.17, 15) is 0 Å². The van der Waals surface area contributed by atoms with Crippen LogP contribution in [0.1, 0.15) is 32.3 Å². The van der Waals surface area contributed by atoms with Gasteiger partial charge in [-0.15, -0.1) is 0 Å². The van der Waals surface area contributed by atoms with Gasteiger partial charge in [-0.05, 0) is 50.3 Å². The van der Waals surface area contributed by atoms with Gasteiger partial charge in [0.2, 0.25) is 0 Å². The van der Waals surface area contributed by atoms with E-state index in [0.717, 1.165) is 25.5 Å². The fourth-order valence-corrected chi connectivity index (χ4v) is 2.43. The highest BCUT2D eigenvalue weighted by Gasteiger charge is 2.36. The molecule has 1 saturated carbocycles. The van der Waals surface area contributed by atoms with Crippen molar-refractivity contribution in [2.24, 2.45) is 5.92 Å². The Labute approximate surface area is 104 Å².